The molecule has 1 aromatic heterocycles. The van der Waals surface area contributed by atoms with E-state index in [1.807, 2.05) is 20.8 Å². The van der Waals surface area contributed by atoms with E-state index in [0.717, 1.165) is 0 Å². The molecule has 0 aromatic carbocycles. The van der Waals surface area contributed by atoms with Crippen molar-refractivity contribution >= 4 is 17.8 Å². The van der Waals surface area contributed by atoms with Crippen LogP contribution in [0.15, 0.2) is 18.7 Å². The molecule has 2 saturated heterocycles. The number of likely N-dealkylation sites (tertiary alicyclic amines) is 1. The van der Waals surface area contributed by atoms with Gasteiger partial charge in [-0.05, 0) is 33.6 Å². The first-order valence-corrected chi connectivity index (χ1v) is 8.11. The van der Waals surface area contributed by atoms with Crippen molar-refractivity contribution in [3.8, 4) is 0 Å². The van der Waals surface area contributed by atoms with Gasteiger partial charge in [-0.3, -0.25) is 4.90 Å². The number of urea groups is 1. The second-order valence-electron chi connectivity index (χ2n) is 7.36. The number of ether oxygens (including phenoxy) is 1. The Morgan fingerprint density at radius 2 is 1.88 bits per heavy atom. The van der Waals surface area contributed by atoms with Crippen LogP contribution in [0.4, 0.5) is 15.3 Å². The highest BCUT2D eigenvalue weighted by Crippen LogP contribution is 2.31. The van der Waals surface area contributed by atoms with Gasteiger partial charge in [0.2, 0.25) is 0 Å². The Morgan fingerprint density at radius 3 is 2.46 bits per heavy atom. The molecule has 2 aliphatic rings. The quantitative estimate of drug-likeness (QED) is 0.846. The molecule has 130 valence electrons. The Labute approximate surface area is 141 Å². The van der Waals surface area contributed by atoms with Crippen molar-refractivity contribution in [2.24, 2.45) is 0 Å². The molecule has 0 atom stereocenters. The third-order valence-electron chi connectivity index (χ3n) is 4.31. The number of nitrogens with one attached hydrogen (secondary N) is 1. The Bertz CT molecular complexity index is 620. The molecule has 0 saturated carbocycles. The molecular formula is C16H23N5O3. The van der Waals surface area contributed by atoms with Crippen molar-refractivity contribution in [1.29, 1.82) is 0 Å². The molecule has 2 fully saturated rings. The standard InChI is InChI=1S/C16H23N5O3/c1-15(2,3)24-14(23)20-6-4-16(5-7-20)10-21(13(22)19-16)12-8-17-11-18-9-12/h8-9,11H,4-7,10H2,1-3H3,(H,19,22). The molecule has 1 spiro atoms. The van der Waals surface area contributed by atoms with Gasteiger partial charge >= 0.3 is 12.1 Å². The number of anilines is 1. The van der Waals surface area contributed by atoms with E-state index in [1.54, 1.807) is 22.2 Å². The van der Waals surface area contributed by atoms with E-state index in [-0.39, 0.29) is 17.7 Å². The highest BCUT2D eigenvalue weighted by Gasteiger charge is 2.46. The SMILES string of the molecule is CC(C)(C)OC(=O)N1CCC2(CC1)CN(c1cncnc1)C(=O)N2. The summed E-state index contributed by atoms with van der Waals surface area (Å²) >= 11 is 0. The largest absolute Gasteiger partial charge is 0.444 e. The molecule has 8 heteroatoms. The van der Waals surface area contributed by atoms with Crippen LogP contribution in [-0.2, 0) is 4.74 Å². The van der Waals surface area contributed by atoms with Crippen LogP contribution in [0.3, 0.4) is 0 Å². The molecule has 8 nitrogen and oxygen atoms in total. The molecule has 3 heterocycles. The lowest BCUT2D eigenvalue weighted by atomic mass is 9.88. The van der Waals surface area contributed by atoms with Crippen LogP contribution < -0.4 is 10.2 Å². The maximum Gasteiger partial charge on any atom is 0.410 e. The summed E-state index contributed by atoms with van der Waals surface area (Å²) in [6.07, 6.45) is 5.79. The summed E-state index contributed by atoms with van der Waals surface area (Å²) in [5.41, 5.74) is -0.134. The topological polar surface area (TPSA) is 87.7 Å². The summed E-state index contributed by atoms with van der Waals surface area (Å²) < 4.78 is 5.41. The number of hydrogen-bond acceptors (Lipinski definition) is 5. The number of nitrogens with zero attached hydrogens (tertiary/aromatic N) is 4. The zero-order chi connectivity index (χ0) is 17.4. The van der Waals surface area contributed by atoms with Crippen LogP contribution in [0.1, 0.15) is 33.6 Å². The third-order valence-corrected chi connectivity index (χ3v) is 4.31. The molecule has 1 aromatic rings. The molecule has 0 bridgehead atoms. The number of aromatic nitrogens is 2. The predicted molar refractivity (Wildman–Crippen MR) is 87.7 cm³/mol. The van der Waals surface area contributed by atoms with Crippen molar-refractivity contribution < 1.29 is 14.3 Å². The van der Waals surface area contributed by atoms with E-state index in [2.05, 4.69) is 15.3 Å². The molecule has 1 N–H and O–H groups in total. The number of rotatable bonds is 1. The average molecular weight is 333 g/mol. The lowest BCUT2D eigenvalue weighted by Gasteiger charge is -2.39. The molecule has 0 unspecified atom stereocenters. The van der Waals surface area contributed by atoms with E-state index in [9.17, 15) is 9.59 Å². The Kier molecular flexibility index (Phi) is 4.06. The van der Waals surface area contributed by atoms with E-state index >= 15 is 0 Å². The van der Waals surface area contributed by atoms with E-state index in [4.69, 9.17) is 4.74 Å². The van der Waals surface area contributed by atoms with Crippen molar-refractivity contribution in [3.63, 3.8) is 0 Å². The number of hydrogen-bond donors (Lipinski definition) is 1. The van der Waals surface area contributed by atoms with Crippen LogP contribution in [-0.4, -0.2) is 57.8 Å². The summed E-state index contributed by atoms with van der Waals surface area (Å²) in [5.74, 6) is 0. The van der Waals surface area contributed by atoms with Gasteiger partial charge in [0.05, 0.1) is 30.2 Å². The minimum atomic E-state index is -0.502. The summed E-state index contributed by atoms with van der Waals surface area (Å²) in [6, 6.07) is -0.143. The zero-order valence-corrected chi connectivity index (χ0v) is 14.3. The molecule has 3 rings (SSSR count). The Hall–Kier alpha value is -2.38. The van der Waals surface area contributed by atoms with Crippen molar-refractivity contribution in [3.05, 3.63) is 18.7 Å². The second kappa shape index (κ2) is 5.92. The summed E-state index contributed by atoms with van der Waals surface area (Å²) in [7, 11) is 0. The van der Waals surface area contributed by atoms with Crippen LogP contribution in [0, 0.1) is 0 Å². The Morgan fingerprint density at radius 1 is 1.25 bits per heavy atom. The van der Waals surface area contributed by atoms with Crippen LogP contribution in [0.2, 0.25) is 0 Å². The normalized spacial score (nSPS) is 20.2. The van der Waals surface area contributed by atoms with Gasteiger partial charge in [-0.25, -0.2) is 19.6 Å². The third kappa shape index (κ3) is 3.42. The van der Waals surface area contributed by atoms with Gasteiger partial charge < -0.3 is 15.0 Å². The van der Waals surface area contributed by atoms with Crippen molar-refractivity contribution in [2.75, 3.05) is 24.5 Å². The fourth-order valence-corrected chi connectivity index (χ4v) is 3.07. The first-order chi connectivity index (χ1) is 11.3. The predicted octanol–water partition coefficient (Wildman–Crippen LogP) is 1.78. The average Bonchev–Trinajstić information content (AvgIpc) is 2.83. The smallest absolute Gasteiger partial charge is 0.410 e. The highest BCUT2D eigenvalue weighted by molar-refractivity contribution is 5.95. The fraction of sp³-hybridized carbons (Fsp3) is 0.625. The first-order valence-electron chi connectivity index (χ1n) is 8.11. The number of carbonyl (C=O) groups is 2. The van der Waals surface area contributed by atoms with Crippen LogP contribution >= 0.6 is 0 Å². The van der Waals surface area contributed by atoms with Gasteiger partial charge in [0.15, 0.2) is 0 Å². The number of carbonyl (C=O) groups excluding carboxylic acids is 2. The second-order valence-corrected chi connectivity index (χ2v) is 7.36. The molecule has 24 heavy (non-hydrogen) atoms. The summed E-state index contributed by atoms with van der Waals surface area (Å²) in [5, 5.41) is 3.08. The molecule has 0 aliphatic carbocycles. The van der Waals surface area contributed by atoms with Gasteiger partial charge in [-0.2, -0.15) is 0 Å². The zero-order valence-electron chi connectivity index (χ0n) is 14.3. The van der Waals surface area contributed by atoms with Gasteiger partial charge in [-0.15, -0.1) is 0 Å². The Balaban J connectivity index is 1.62. The summed E-state index contributed by atoms with van der Waals surface area (Å²) in [6.45, 7) is 7.25. The first kappa shape index (κ1) is 16.5. The summed E-state index contributed by atoms with van der Waals surface area (Å²) in [4.78, 5) is 35.8. The lowest BCUT2D eigenvalue weighted by molar-refractivity contribution is 0.0167. The monoisotopic (exact) mass is 333 g/mol. The van der Waals surface area contributed by atoms with Gasteiger partial charge in [0.25, 0.3) is 0 Å². The highest BCUT2D eigenvalue weighted by atomic mass is 16.6. The molecule has 3 amide bonds. The van der Waals surface area contributed by atoms with Gasteiger partial charge in [0, 0.05) is 13.1 Å². The van der Waals surface area contributed by atoms with Gasteiger partial charge in [0.1, 0.15) is 11.9 Å². The van der Waals surface area contributed by atoms with Crippen molar-refractivity contribution in [1.82, 2.24) is 20.2 Å². The van der Waals surface area contributed by atoms with E-state index in [0.29, 0.717) is 38.2 Å². The van der Waals surface area contributed by atoms with Crippen LogP contribution in [0.25, 0.3) is 0 Å². The number of piperidine rings is 1. The van der Waals surface area contributed by atoms with E-state index < -0.39 is 5.60 Å². The fourth-order valence-electron chi connectivity index (χ4n) is 3.07. The minimum absolute atomic E-state index is 0.143. The molecule has 2 aliphatic heterocycles. The molecule has 0 radical (unpaired) electrons. The van der Waals surface area contributed by atoms with E-state index in [1.165, 1.54) is 6.33 Å². The maximum absolute atomic E-state index is 12.3. The molecular weight excluding hydrogens is 310 g/mol. The minimum Gasteiger partial charge on any atom is -0.444 e. The van der Waals surface area contributed by atoms with Gasteiger partial charge in [-0.1, -0.05) is 0 Å². The van der Waals surface area contributed by atoms with Crippen LogP contribution in [0.5, 0.6) is 0 Å². The lowest BCUT2D eigenvalue weighted by Crippen LogP contribution is -2.54. The maximum atomic E-state index is 12.3. The van der Waals surface area contributed by atoms with Crippen molar-refractivity contribution in [2.45, 2.75) is 44.8 Å². The number of amides is 3.